The molecule has 0 heterocycles. The monoisotopic (exact) mass is 420 g/mol. The highest BCUT2D eigenvalue weighted by molar-refractivity contribution is 5.80. The van der Waals surface area contributed by atoms with Crippen LogP contribution in [-0.2, 0) is 10.8 Å². The van der Waals surface area contributed by atoms with Gasteiger partial charge in [-0.3, -0.25) is 0 Å². The molecule has 2 fully saturated rings. The minimum absolute atomic E-state index is 0.0152. The molecule has 2 unspecified atom stereocenters. The van der Waals surface area contributed by atoms with Crippen LogP contribution >= 0.6 is 0 Å². The van der Waals surface area contributed by atoms with Gasteiger partial charge in [-0.05, 0) is 73.5 Å². The van der Waals surface area contributed by atoms with Gasteiger partial charge in [0.1, 0.15) is 11.5 Å². The van der Waals surface area contributed by atoms with Crippen LogP contribution in [0, 0.1) is 19.8 Å². The smallest absolute Gasteiger partial charge is 0.127 e. The Morgan fingerprint density at radius 2 is 1.52 bits per heavy atom. The third-order valence-corrected chi connectivity index (χ3v) is 8.58. The Hall–Kier alpha value is -1.96. The lowest BCUT2D eigenvalue weighted by Crippen LogP contribution is -2.30. The standard InChI is InChI=1S/C29H40O2/c1-19-11-10-16-29(5,18-19)25-21(3)20(2)17-23(27(25)31)22-12-9-13-24(26(22)30)28(4)14-7-6-8-15-28/h9,12-13,17,19,30-31H,6-8,10-11,14-16,18H2,1-5H3. The van der Waals surface area contributed by atoms with Crippen molar-refractivity contribution in [3.8, 4) is 22.6 Å². The van der Waals surface area contributed by atoms with E-state index in [9.17, 15) is 10.2 Å². The fraction of sp³-hybridized carbons (Fsp3) is 0.586. The van der Waals surface area contributed by atoms with Crippen LogP contribution in [0.1, 0.15) is 101 Å². The van der Waals surface area contributed by atoms with Gasteiger partial charge in [0.05, 0.1) is 0 Å². The molecule has 0 amide bonds. The van der Waals surface area contributed by atoms with E-state index in [2.05, 4.69) is 52.8 Å². The van der Waals surface area contributed by atoms with E-state index >= 15 is 0 Å². The zero-order valence-corrected chi connectivity index (χ0v) is 20.1. The van der Waals surface area contributed by atoms with Crippen LogP contribution in [0.2, 0.25) is 0 Å². The van der Waals surface area contributed by atoms with Crippen LogP contribution in [0.5, 0.6) is 11.5 Å². The van der Waals surface area contributed by atoms with Crippen molar-refractivity contribution in [1.82, 2.24) is 0 Å². The molecule has 0 radical (unpaired) electrons. The van der Waals surface area contributed by atoms with Crippen LogP contribution in [0.4, 0.5) is 0 Å². The molecule has 0 aliphatic heterocycles. The number of rotatable bonds is 3. The van der Waals surface area contributed by atoms with Gasteiger partial charge in [-0.1, -0.05) is 71.1 Å². The maximum atomic E-state index is 11.6. The largest absolute Gasteiger partial charge is 0.507 e. The molecule has 2 aliphatic carbocycles. The molecule has 4 rings (SSSR count). The molecule has 31 heavy (non-hydrogen) atoms. The summed E-state index contributed by atoms with van der Waals surface area (Å²) in [5.74, 6) is 1.41. The van der Waals surface area contributed by atoms with E-state index in [0.29, 0.717) is 17.4 Å². The van der Waals surface area contributed by atoms with Crippen molar-refractivity contribution < 1.29 is 10.2 Å². The fourth-order valence-electron chi connectivity index (χ4n) is 6.74. The van der Waals surface area contributed by atoms with E-state index in [1.54, 1.807) is 0 Å². The number of para-hydroxylation sites is 1. The second-order valence-electron chi connectivity index (χ2n) is 11.2. The Kier molecular flexibility index (Phi) is 5.87. The van der Waals surface area contributed by atoms with Crippen LogP contribution in [0.15, 0.2) is 24.3 Å². The van der Waals surface area contributed by atoms with Crippen LogP contribution < -0.4 is 0 Å². The SMILES string of the molecule is Cc1cc(-c2cccc(C3(C)CCCCC3)c2O)c(O)c(C2(C)CCCC(C)C2)c1C. The van der Waals surface area contributed by atoms with Crippen LogP contribution in [0.25, 0.3) is 11.1 Å². The van der Waals surface area contributed by atoms with Crippen molar-refractivity contribution in [2.45, 2.75) is 103 Å². The molecule has 0 aromatic heterocycles. The van der Waals surface area contributed by atoms with Crippen molar-refractivity contribution in [3.63, 3.8) is 0 Å². The maximum absolute atomic E-state index is 11.6. The zero-order valence-electron chi connectivity index (χ0n) is 20.1. The molecule has 0 bridgehead atoms. The van der Waals surface area contributed by atoms with Gasteiger partial charge in [-0.2, -0.15) is 0 Å². The van der Waals surface area contributed by atoms with E-state index in [0.717, 1.165) is 47.9 Å². The lowest BCUT2D eigenvalue weighted by Gasteiger charge is -2.39. The normalized spacial score (nSPS) is 26.0. The first-order chi connectivity index (χ1) is 14.7. The van der Waals surface area contributed by atoms with E-state index in [1.165, 1.54) is 43.2 Å². The minimum atomic E-state index is -0.0187. The molecule has 2 N–H and O–H groups in total. The summed E-state index contributed by atoms with van der Waals surface area (Å²) in [6.45, 7) is 11.2. The van der Waals surface area contributed by atoms with Crippen molar-refractivity contribution in [1.29, 1.82) is 0 Å². The molecule has 2 nitrogen and oxygen atoms in total. The average molecular weight is 421 g/mol. The highest BCUT2D eigenvalue weighted by Gasteiger charge is 2.37. The summed E-state index contributed by atoms with van der Waals surface area (Å²) in [5, 5.41) is 23.1. The fourth-order valence-corrected chi connectivity index (χ4v) is 6.74. The van der Waals surface area contributed by atoms with E-state index in [-0.39, 0.29) is 10.8 Å². The molecule has 2 atom stereocenters. The highest BCUT2D eigenvalue weighted by atomic mass is 16.3. The van der Waals surface area contributed by atoms with Crippen molar-refractivity contribution in [2.24, 2.45) is 5.92 Å². The second-order valence-corrected chi connectivity index (χ2v) is 11.2. The Labute approximate surface area is 188 Å². The van der Waals surface area contributed by atoms with Crippen molar-refractivity contribution in [2.75, 3.05) is 0 Å². The summed E-state index contributed by atoms with van der Waals surface area (Å²) in [5.41, 5.74) is 6.10. The number of phenols is 2. The summed E-state index contributed by atoms with van der Waals surface area (Å²) in [6.07, 6.45) is 10.6. The minimum Gasteiger partial charge on any atom is -0.507 e. The Balaban J connectivity index is 1.87. The first-order valence-corrected chi connectivity index (χ1v) is 12.3. The summed E-state index contributed by atoms with van der Waals surface area (Å²) in [6, 6.07) is 8.20. The van der Waals surface area contributed by atoms with Gasteiger partial charge in [0.2, 0.25) is 0 Å². The first kappa shape index (κ1) is 22.2. The van der Waals surface area contributed by atoms with Gasteiger partial charge >= 0.3 is 0 Å². The number of hydrogen-bond acceptors (Lipinski definition) is 2. The molecule has 0 saturated heterocycles. The van der Waals surface area contributed by atoms with Crippen LogP contribution in [0.3, 0.4) is 0 Å². The third-order valence-electron chi connectivity index (χ3n) is 8.58. The third kappa shape index (κ3) is 3.88. The van der Waals surface area contributed by atoms with Gasteiger partial charge in [-0.15, -0.1) is 0 Å². The Bertz CT molecular complexity index is 967. The van der Waals surface area contributed by atoms with Gasteiger partial charge in [0, 0.05) is 22.3 Å². The predicted molar refractivity (Wildman–Crippen MR) is 130 cm³/mol. The second kappa shape index (κ2) is 8.19. The summed E-state index contributed by atoms with van der Waals surface area (Å²) >= 11 is 0. The van der Waals surface area contributed by atoms with Crippen molar-refractivity contribution >= 4 is 0 Å². The van der Waals surface area contributed by atoms with E-state index < -0.39 is 0 Å². The summed E-state index contributed by atoms with van der Waals surface area (Å²) in [7, 11) is 0. The molecular weight excluding hydrogens is 380 g/mol. The molecule has 2 saturated carbocycles. The Morgan fingerprint density at radius 3 is 2.19 bits per heavy atom. The van der Waals surface area contributed by atoms with Gasteiger partial charge < -0.3 is 10.2 Å². The average Bonchev–Trinajstić information content (AvgIpc) is 2.71. The number of hydrogen-bond donors (Lipinski definition) is 2. The van der Waals surface area contributed by atoms with Gasteiger partial charge in [0.15, 0.2) is 0 Å². The van der Waals surface area contributed by atoms with Gasteiger partial charge in [0.25, 0.3) is 0 Å². The quantitative estimate of drug-likeness (QED) is 0.527. The lowest BCUT2D eigenvalue weighted by atomic mass is 9.65. The molecule has 168 valence electrons. The molecule has 2 aromatic rings. The first-order valence-electron chi connectivity index (χ1n) is 12.3. The lowest BCUT2D eigenvalue weighted by molar-refractivity contribution is 0.245. The van der Waals surface area contributed by atoms with Crippen LogP contribution in [-0.4, -0.2) is 10.2 Å². The molecular formula is C29H40O2. The molecule has 2 heteroatoms. The van der Waals surface area contributed by atoms with E-state index in [1.807, 2.05) is 6.07 Å². The number of benzene rings is 2. The molecule has 2 aliphatic rings. The topological polar surface area (TPSA) is 40.5 Å². The molecule has 2 aromatic carbocycles. The molecule has 0 spiro atoms. The number of phenolic OH excluding ortho intramolecular Hbond substituents is 2. The van der Waals surface area contributed by atoms with Gasteiger partial charge in [-0.25, -0.2) is 0 Å². The predicted octanol–water partition coefficient (Wildman–Crippen LogP) is 8.07. The zero-order chi connectivity index (χ0) is 22.4. The van der Waals surface area contributed by atoms with E-state index in [4.69, 9.17) is 0 Å². The number of aromatic hydroxyl groups is 2. The summed E-state index contributed by atoms with van der Waals surface area (Å²) in [4.78, 5) is 0. The maximum Gasteiger partial charge on any atom is 0.127 e. The number of aryl methyl sites for hydroxylation is 1. The summed E-state index contributed by atoms with van der Waals surface area (Å²) < 4.78 is 0. The Morgan fingerprint density at radius 1 is 0.839 bits per heavy atom. The van der Waals surface area contributed by atoms with Crippen molar-refractivity contribution in [3.05, 3.63) is 46.5 Å². The highest BCUT2D eigenvalue weighted by Crippen LogP contribution is 2.52.